The van der Waals surface area contributed by atoms with Crippen molar-refractivity contribution in [3.63, 3.8) is 0 Å². The first kappa shape index (κ1) is 24.2. The number of nitrogens with zero attached hydrogens (tertiary/aromatic N) is 3. The Morgan fingerprint density at radius 1 is 1.35 bits per heavy atom. The summed E-state index contributed by atoms with van der Waals surface area (Å²) in [5, 5.41) is 19.8. The molecule has 7 nitrogen and oxygen atoms in total. The maximum absolute atomic E-state index is 14.7. The molecule has 0 bridgehead atoms. The number of carbonyl (C=O) groups excluding carboxylic acids is 1. The summed E-state index contributed by atoms with van der Waals surface area (Å²) in [6.07, 6.45) is -1.92. The van der Waals surface area contributed by atoms with E-state index in [1.165, 1.54) is 19.1 Å². The monoisotopic (exact) mass is 500 g/mol. The summed E-state index contributed by atoms with van der Waals surface area (Å²) in [7, 11) is 0. The van der Waals surface area contributed by atoms with Crippen molar-refractivity contribution in [2.45, 2.75) is 57.5 Å². The van der Waals surface area contributed by atoms with Crippen LogP contribution in [0.5, 0.6) is 0 Å². The van der Waals surface area contributed by atoms with Crippen LogP contribution in [0.3, 0.4) is 0 Å². The standard InChI is InChI=1S/C22H21ClF4N4O3/c1-11(32)10-31-20(22(25,26)27)13(9-28-31)19-17(21(33)29-12-5-2-3-6-12)18(30-34-19)16-14(23)7-4-8-15(16)24/h4,7-9,11-12,32H,2-3,5-6,10H2,1H3,(H,29,33)/t11-/m1/s1. The fourth-order valence-electron chi connectivity index (χ4n) is 4.15. The number of halogens is 5. The van der Waals surface area contributed by atoms with Crippen LogP contribution in [0.15, 0.2) is 28.9 Å². The van der Waals surface area contributed by atoms with Crippen LogP contribution in [0, 0.1) is 5.82 Å². The van der Waals surface area contributed by atoms with Crippen LogP contribution in [-0.4, -0.2) is 38.1 Å². The van der Waals surface area contributed by atoms with E-state index in [-0.39, 0.29) is 27.9 Å². The Bertz CT molecular complexity index is 1180. The normalized spacial score (nSPS) is 15.6. The number of rotatable bonds is 6. The summed E-state index contributed by atoms with van der Waals surface area (Å²) < 4.78 is 62.5. The van der Waals surface area contributed by atoms with Gasteiger partial charge in [-0.2, -0.15) is 18.3 Å². The van der Waals surface area contributed by atoms with Crippen molar-refractivity contribution in [3.05, 3.63) is 46.5 Å². The predicted octanol–water partition coefficient (Wildman–Crippen LogP) is 5.07. The van der Waals surface area contributed by atoms with Gasteiger partial charge in [0.05, 0.1) is 35.0 Å². The second kappa shape index (κ2) is 9.38. The van der Waals surface area contributed by atoms with Crippen LogP contribution in [0.1, 0.15) is 48.7 Å². The molecule has 182 valence electrons. The molecule has 12 heteroatoms. The molecule has 4 rings (SSSR count). The van der Waals surface area contributed by atoms with E-state index in [9.17, 15) is 27.5 Å². The topological polar surface area (TPSA) is 93.2 Å². The molecule has 1 aliphatic carbocycles. The van der Waals surface area contributed by atoms with Crippen molar-refractivity contribution < 1.29 is 32.0 Å². The van der Waals surface area contributed by atoms with Gasteiger partial charge < -0.3 is 14.9 Å². The predicted molar refractivity (Wildman–Crippen MR) is 115 cm³/mol. The van der Waals surface area contributed by atoms with E-state index in [0.717, 1.165) is 25.1 Å². The molecule has 0 saturated heterocycles. The molecule has 0 spiro atoms. The Hall–Kier alpha value is -2.92. The lowest BCUT2D eigenvalue weighted by molar-refractivity contribution is -0.144. The number of carbonyl (C=O) groups is 1. The highest BCUT2D eigenvalue weighted by atomic mass is 35.5. The molecular weight excluding hydrogens is 480 g/mol. The summed E-state index contributed by atoms with van der Waals surface area (Å²) in [6, 6.07) is 3.63. The Kier molecular flexibility index (Phi) is 6.68. The van der Waals surface area contributed by atoms with Crippen LogP contribution in [0.4, 0.5) is 17.6 Å². The fraction of sp³-hybridized carbons (Fsp3) is 0.409. The molecule has 1 saturated carbocycles. The molecule has 2 aromatic heterocycles. The SMILES string of the molecule is C[C@@H](O)Cn1ncc(-c2onc(-c3c(F)cccc3Cl)c2C(=O)NC2CCCC2)c1C(F)(F)F. The van der Waals surface area contributed by atoms with E-state index in [4.69, 9.17) is 16.1 Å². The Morgan fingerprint density at radius 3 is 2.68 bits per heavy atom. The Balaban J connectivity index is 1.91. The number of aliphatic hydroxyl groups excluding tert-OH is 1. The minimum atomic E-state index is -4.90. The van der Waals surface area contributed by atoms with Crippen molar-refractivity contribution in [2.75, 3.05) is 0 Å². The highest BCUT2D eigenvalue weighted by Gasteiger charge is 2.42. The molecule has 0 unspecified atom stereocenters. The van der Waals surface area contributed by atoms with Crippen molar-refractivity contribution in [3.8, 4) is 22.6 Å². The number of alkyl halides is 3. The third-order valence-corrected chi connectivity index (χ3v) is 5.91. The van der Waals surface area contributed by atoms with Crippen LogP contribution < -0.4 is 5.32 Å². The summed E-state index contributed by atoms with van der Waals surface area (Å²) in [6.45, 7) is 0.868. The second-order valence-corrected chi connectivity index (χ2v) is 8.63. The van der Waals surface area contributed by atoms with E-state index in [1.807, 2.05) is 0 Å². The van der Waals surface area contributed by atoms with Crippen LogP contribution in [0.25, 0.3) is 22.6 Å². The first-order valence-electron chi connectivity index (χ1n) is 10.6. The largest absolute Gasteiger partial charge is 0.433 e. The number of hydrogen-bond acceptors (Lipinski definition) is 5. The molecule has 1 aromatic carbocycles. The third kappa shape index (κ3) is 4.67. The summed E-state index contributed by atoms with van der Waals surface area (Å²) >= 11 is 6.15. The van der Waals surface area contributed by atoms with Gasteiger partial charge in [0, 0.05) is 6.04 Å². The summed E-state index contributed by atoms with van der Waals surface area (Å²) in [4.78, 5) is 13.3. The molecule has 1 atom stereocenters. The molecule has 2 heterocycles. The molecule has 3 aromatic rings. The molecule has 1 amide bonds. The molecule has 2 N–H and O–H groups in total. The van der Waals surface area contributed by atoms with Gasteiger partial charge in [0.1, 0.15) is 17.1 Å². The third-order valence-electron chi connectivity index (χ3n) is 5.60. The minimum Gasteiger partial charge on any atom is -0.391 e. The van der Waals surface area contributed by atoms with Gasteiger partial charge in [-0.25, -0.2) is 4.39 Å². The molecule has 1 fully saturated rings. The maximum atomic E-state index is 14.7. The number of benzene rings is 1. The second-order valence-electron chi connectivity index (χ2n) is 8.22. The van der Waals surface area contributed by atoms with Crippen molar-refractivity contribution in [1.29, 1.82) is 0 Å². The number of hydrogen-bond donors (Lipinski definition) is 2. The molecule has 0 aliphatic heterocycles. The number of nitrogens with one attached hydrogen (secondary N) is 1. The number of aliphatic hydroxyl groups is 1. The van der Waals surface area contributed by atoms with Gasteiger partial charge in [-0.15, -0.1) is 0 Å². The fourth-order valence-corrected chi connectivity index (χ4v) is 4.40. The average molecular weight is 501 g/mol. The van der Waals surface area contributed by atoms with Gasteiger partial charge in [0.2, 0.25) is 0 Å². The zero-order valence-electron chi connectivity index (χ0n) is 18.0. The first-order valence-corrected chi connectivity index (χ1v) is 11.0. The summed E-state index contributed by atoms with van der Waals surface area (Å²) in [5.74, 6) is -2.09. The van der Waals surface area contributed by atoms with Crippen molar-refractivity contribution in [1.82, 2.24) is 20.3 Å². The van der Waals surface area contributed by atoms with Gasteiger partial charge in [0.15, 0.2) is 11.5 Å². The quantitative estimate of drug-likeness (QED) is 0.461. The molecule has 34 heavy (non-hydrogen) atoms. The minimum absolute atomic E-state index is 0.0874. The van der Waals surface area contributed by atoms with E-state index in [0.29, 0.717) is 17.5 Å². The zero-order valence-corrected chi connectivity index (χ0v) is 18.8. The first-order chi connectivity index (χ1) is 16.1. The van der Waals surface area contributed by atoms with Gasteiger partial charge in [-0.1, -0.05) is 35.7 Å². The smallest absolute Gasteiger partial charge is 0.391 e. The van der Waals surface area contributed by atoms with E-state index in [1.54, 1.807) is 0 Å². The van der Waals surface area contributed by atoms with Crippen molar-refractivity contribution >= 4 is 17.5 Å². The maximum Gasteiger partial charge on any atom is 0.433 e. The van der Waals surface area contributed by atoms with Crippen molar-refractivity contribution in [2.24, 2.45) is 0 Å². The van der Waals surface area contributed by atoms with Gasteiger partial charge in [-0.3, -0.25) is 9.48 Å². The Labute approximate surface area is 196 Å². The molecular formula is C22H21ClF4N4O3. The van der Waals surface area contributed by atoms with Crippen LogP contribution >= 0.6 is 11.6 Å². The van der Waals surface area contributed by atoms with Gasteiger partial charge in [0.25, 0.3) is 5.91 Å². The average Bonchev–Trinajstić information content (AvgIpc) is 3.46. The van der Waals surface area contributed by atoms with Gasteiger partial charge >= 0.3 is 6.18 Å². The number of amides is 1. The van der Waals surface area contributed by atoms with E-state index >= 15 is 0 Å². The molecule has 1 aliphatic rings. The zero-order chi connectivity index (χ0) is 24.6. The Morgan fingerprint density at radius 2 is 2.06 bits per heavy atom. The number of aromatic nitrogens is 3. The van der Waals surface area contributed by atoms with Gasteiger partial charge in [-0.05, 0) is 31.9 Å². The van der Waals surface area contributed by atoms with Crippen LogP contribution in [-0.2, 0) is 12.7 Å². The summed E-state index contributed by atoms with van der Waals surface area (Å²) in [5.41, 5.74) is -2.74. The highest BCUT2D eigenvalue weighted by molar-refractivity contribution is 6.33. The highest BCUT2D eigenvalue weighted by Crippen LogP contribution is 2.42. The van der Waals surface area contributed by atoms with E-state index < -0.39 is 47.6 Å². The van der Waals surface area contributed by atoms with Crippen LogP contribution in [0.2, 0.25) is 5.02 Å². The lowest BCUT2D eigenvalue weighted by atomic mass is 10.0. The lowest BCUT2D eigenvalue weighted by Gasteiger charge is -2.15. The van der Waals surface area contributed by atoms with E-state index in [2.05, 4.69) is 15.6 Å². The lowest BCUT2D eigenvalue weighted by Crippen LogP contribution is -2.33. The molecule has 0 radical (unpaired) electrons.